The fraction of sp³-hybridized carbons (Fsp3) is 0.286. The number of hydrogen-bond donors (Lipinski definition) is 0. The number of benzene rings is 1. The van der Waals surface area contributed by atoms with Crippen molar-refractivity contribution in [3.8, 4) is 0 Å². The number of hydrogen-bond acceptors (Lipinski definition) is 5. The van der Waals surface area contributed by atoms with Crippen molar-refractivity contribution in [2.45, 2.75) is 12.8 Å². The van der Waals surface area contributed by atoms with Crippen molar-refractivity contribution < 1.29 is 14.0 Å². The molecular weight excluding hydrogens is 374 g/mol. The summed E-state index contributed by atoms with van der Waals surface area (Å²) in [5.41, 5.74) is 0.892. The summed E-state index contributed by atoms with van der Waals surface area (Å²) in [5, 5.41) is 0.695. The first-order chi connectivity index (χ1) is 13.7. The van der Waals surface area contributed by atoms with E-state index in [1.165, 1.54) is 17.6 Å². The van der Waals surface area contributed by atoms with Crippen molar-refractivity contribution in [3.63, 3.8) is 0 Å². The van der Waals surface area contributed by atoms with Crippen LogP contribution in [-0.2, 0) is 4.79 Å². The molecule has 0 N–H and O–H groups in total. The van der Waals surface area contributed by atoms with Gasteiger partial charge in [-0.2, -0.15) is 0 Å². The zero-order chi connectivity index (χ0) is 19.5. The number of carbonyl (C=O) groups excluding carboxylic acids is 2. The lowest BCUT2D eigenvalue weighted by molar-refractivity contribution is -0.123. The van der Waals surface area contributed by atoms with Gasteiger partial charge in [-0.3, -0.25) is 14.5 Å². The Morgan fingerprint density at radius 2 is 2.04 bits per heavy atom. The molecular formula is C21H21N3O3S. The van der Waals surface area contributed by atoms with E-state index in [4.69, 9.17) is 4.42 Å². The fourth-order valence-corrected chi connectivity index (χ4v) is 4.45. The standard InChI is InChI=1S/C21H21N3O3S/c1-2-11-24(21-22-16-6-3-4-8-18(16)28-21)19(25)15-9-12-23(13-10-15)20(26)17-7-5-14-27-17/h2-8,14-15H,1,9-13H2. The zero-order valence-corrected chi connectivity index (χ0v) is 16.2. The van der Waals surface area contributed by atoms with Crippen LogP contribution in [0.4, 0.5) is 5.13 Å². The van der Waals surface area contributed by atoms with Crippen molar-refractivity contribution in [1.82, 2.24) is 9.88 Å². The van der Waals surface area contributed by atoms with Crippen molar-refractivity contribution in [2.75, 3.05) is 24.5 Å². The summed E-state index contributed by atoms with van der Waals surface area (Å²) in [7, 11) is 0. The minimum Gasteiger partial charge on any atom is -0.459 e. The molecule has 144 valence electrons. The van der Waals surface area contributed by atoms with Gasteiger partial charge in [0.15, 0.2) is 10.9 Å². The molecule has 0 radical (unpaired) electrons. The predicted octanol–water partition coefficient (Wildman–Crippen LogP) is 3.96. The van der Waals surface area contributed by atoms with E-state index in [0.717, 1.165) is 10.2 Å². The van der Waals surface area contributed by atoms with Gasteiger partial charge in [-0.25, -0.2) is 4.98 Å². The Morgan fingerprint density at radius 3 is 2.71 bits per heavy atom. The van der Waals surface area contributed by atoms with Crippen molar-refractivity contribution in [2.24, 2.45) is 5.92 Å². The molecule has 1 saturated heterocycles. The van der Waals surface area contributed by atoms with Crippen molar-refractivity contribution in [1.29, 1.82) is 0 Å². The average Bonchev–Trinajstić information content (AvgIpc) is 3.41. The Labute approximate surface area is 167 Å². The van der Waals surface area contributed by atoms with Crippen LogP contribution in [0, 0.1) is 5.92 Å². The Balaban J connectivity index is 1.46. The monoisotopic (exact) mass is 395 g/mol. The minimum absolute atomic E-state index is 0.0454. The maximum absolute atomic E-state index is 13.2. The molecule has 0 unspecified atom stereocenters. The van der Waals surface area contributed by atoms with E-state index in [1.54, 1.807) is 28.0 Å². The minimum atomic E-state index is -0.132. The van der Waals surface area contributed by atoms with Gasteiger partial charge in [0.05, 0.1) is 16.5 Å². The Kier molecular flexibility index (Phi) is 5.25. The number of nitrogens with zero attached hydrogens (tertiary/aromatic N) is 3. The van der Waals surface area contributed by atoms with E-state index < -0.39 is 0 Å². The third-order valence-electron chi connectivity index (χ3n) is 4.95. The predicted molar refractivity (Wildman–Crippen MR) is 110 cm³/mol. The topological polar surface area (TPSA) is 66.7 Å². The maximum Gasteiger partial charge on any atom is 0.289 e. The van der Waals surface area contributed by atoms with Crippen LogP contribution in [0.3, 0.4) is 0 Å². The fourth-order valence-electron chi connectivity index (χ4n) is 3.47. The van der Waals surface area contributed by atoms with Gasteiger partial charge in [-0.15, -0.1) is 6.58 Å². The summed E-state index contributed by atoms with van der Waals surface area (Å²) >= 11 is 1.51. The van der Waals surface area contributed by atoms with Crippen LogP contribution in [0.15, 0.2) is 59.7 Å². The molecule has 0 bridgehead atoms. The quantitative estimate of drug-likeness (QED) is 0.613. The second-order valence-electron chi connectivity index (χ2n) is 6.75. The molecule has 0 atom stereocenters. The van der Waals surface area contributed by atoms with Gasteiger partial charge in [0.1, 0.15) is 0 Å². The number of fused-ring (bicyclic) bond motifs is 1. The second kappa shape index (κ2) is 7.98. The first-order valence-corrected chi connectivity index (χ1v) is 10.1. The van der Waals surface area contributed by atoms with Crippen LogP contribution in [0.25, 0.3) is 10.2 Å². The van der Waals surface area contributed by atoms with Gasteiger partial charge in [0.2, 0.25) is 5.91 Å². The largest absolute Gasteiger partial charge is 0.459 e. The summed E-state index contributed by atoms with van der Waals surface area (Å²) in [5.74, 6) is 0.134. The van der Waals surface area contributed by atoms with E-state index in [9.17, 15) is 9.59 Å². The number of piperidine rings is 1. The lowest BCUT2D eigenvalue weighted by atomic mass is 9.95. The van der Waals surface area contributed by atoms with Crippen LogP contribution in [0.5, 0.6) is 0 Å². The van der Waals surface area contributed by atoms with Crippen molar-refractivity contribution in [3.05, 3.63) is 61.1 Å². The lowest BCUT2D eigenvalue weighted by Crippen LogP contribution is -2.44. The maximum atomic E-state index is 13.2. The van der Waals surface area contributed by atoms with Crippen LogP contribution in [-0.4, -0.2) is 41.3 Å². The van der Waals surface area contributed by atoms with Crippen LogP contribution < -0.4 is 4.90 Å². The van der Waals surface area contributed by atoms with Gasteiger partial charge in [0.25, 0.3) is 5.91 Å². The highest BCUT2D eigenvalue weighted by Crippen LogP contribution is 2.31. The van der Waals surface area contributed by atoms with E-state index >= 15 is 0 Å². The summed E-state index contributed by atoms with van der Waals surface area (Å²) in [6, 6.07) is 11.2. The van der Waals surface area contributed by atoms with Crippen LogP contribution >= 0.6 is 11.3 Å². The third-order valence-corrected chi connectivity index (χ3v) is 6.01. The molecule has 4 rings (SSSR count). The summed E-state index contributed by atoms with van der Waals surface area (Å²) < 4.78 is 6.25. The highest BCUT2D eigenvalue weighted by molar-refractivity contribution is 7.22. The van der Waals surface area contributed by atoms with Gasteiger partial charge >= 0.3 is 0 Å². The lowest BCUT2D eigenvalue weighted by Gasteiger charge is -2.33. The number of aromatic nitrogens is 1. The first kappa shape index (κ1) is 18.4. The molecule has 3 aromatic rings. The van der Waals surface area contributed by atoms with E-state index in [0.29, 0.717) is 43.4 Å². The molecule has 0 aliphatic carbocycles. The van der Waals surface area contributed by atoms with Gasteiger partial charge < -0.3 is 9.32 Å². The number of thiazole rings is 1. The van der Waals surface area contributed by atoms with Crippen LogP contribution in [0.1, 0.15) is 23.4 Å². The Bertz CT molecular complexity index is 954. The molecule has 1 aromatic carbocycles. The number of rotatable bonds is 5. The molecule has 0 spiro atoms. The Hall–Kier alpha value is -2.93. The highest BCUT2D eigenvalue weighted by atomic mass is 32.1. The molecule has 2 amide bonds. The molecule has 7 heteroatoms. The SMILES string of the molecule is C=CCN(C(=O)C1CCN(C(=O)c2ccco2)CC1)c1nc2ccccc2s1. The van der Waals surface area contributed by atoms with Gasteiger partial charge in [0, 0.05) is 25.6 Å². The first-order valence-electron chi connectivity index (χ1n) is 9.28. The smallest absolute Gasteiger partial charge is 0.289 e. The normalized spacial score (nSPS) is 14.9. The number of amides is 2. The van der Waals surface area contributed by atoms with E-state index in [1.807, 2.05) is 24.3 Å². The number of anilines is 1. The molecule has 1 aliphatic heterocycles. The molecule has 0 saturated carbocycles. The number of likely N-dealkylation sites (tertiary alicyclic amines) is 1. The molecule has 3 heterocycles. The number of para-hydroxylation sites is 1. The summed E-state index contributed by atoms with van der Waals surface area (Å²) in [4.78, 5) is 33.7. The zero-order valence-electron chi connectivity index (χ0n) is 15.4. The summed E-state index contributed by atoms with van der Waals surface area (Å²) in [6.07, 6.45) is 4.47. The highest BCUT2D eigenvalue weighted by Gasteiger charge is 2.32. The third kappa shape index (κ3) is 3.57. The molecule has 1 aliphatic rings. The molecule has 28 heavy (non-hydrogen) atoms. The van der Waals surface area contributed by atoms with Crippen molar-refractivity contribution >= 4 is 38.5 Å². The molecule has 2 aromatic heterocycles. The number of carbonyl (C=O) groups is 2. The average molecular weight is 395 g/mol. The Morgan fingerprint density at radius 1 is 1.25 bits per heavy atom. The van der Waals surface area contributed by atoms with E-state index in [2.05, 4.69) is 11.6 Å². The second-order valence-corrected chi connectivity index (χ2v) is 7.75. The van der Waals surface area contributed by atoms with Gasteiger partial charge in [-0.05, 0) is 37.1 Å². The molecule has 6 nitrogen and oxygen atoms in total. The van der Waals surface area contributed by atoms with Crippen LogP contribution in [0.2, 0.25) is 0 Å². The van der Waals surface area contributed by atoms with E-state index in [-0.39, 0.29) is 17.7 Å². The molecule has 1 fully saturated rings. The summed E-state index contributed by atoms with van der Waals surface area (Å²) in [6.45, 7) is 5.29. The van der Waals surface area contributed by atoms with Gasteiger partial charge in [-0.1, -0.05) is 29.5 Å². The number of furan rings is 1.